The molecule has 0 heterocycles. The Kier molecular flexibility index (Phi) is 4.10. The summed E-state index contributed by atoms with van der Waals surface area (Å²) in [6.07, 6.45) is -4.45. The van der Waals surface area contributed by atoms with Crippen LogP contribution in [-0.2, 0) is 6.18 Å². The summed E-state index contributed by atoms with van der Waals surface area (Å²) in [4.78, 5) is 12.1. The van der Waals surface area contributed by atoms with E-state index in [9.17, 15) is 18.0 Å². The number of hydrogen-bond donors (Lipinski definition) is 0. The Morgan fingerprint density at radius 3 is 2.39 bits per heavy atom. The zero-order valence-electron chi connectivity index (χ0n) is 11.5. The number of fused-ring (bicyclic) bond motifs is 3. The molecule has 1 nitrogen and oxygen atoms in total. The van der Waals surface area contributed by atoms with Crippen molar-refractivity contribution < 1.29 is 18.0 Å². The van der Waals surface area contributed by atoms with Crippen molar-refractivity contribution in [2.75, 3.05) is 5.33 Å². The summed E-state index contributed by atoms with van der Waals surface area (Å²) in [6, 6.07) is 10.0. The molecule has 23 heavy (non-hydrogen) atoms. The van der Waals surface area contributed by atoms with Crippen LogP contribution in [0.4, 0.5) is 13.2 Å². The number of rotatable bonds is 2. The second-order valence-electron chi connectivity index (χ2n) is 5.10. The Balaban J connectivity index is 2.47. The quantitative estimate of drug-likeness (QED) is 0.282. The topological polar surface area (TPSA) is 17.1 Å². The van der Waals surface area contributed by atoms with Crippen molar-refractivity contribution in [1.29, 1.82) is 0 Å². The van der Waals surface area contributed by atoms with Crippen molar-refractivity contribution in [3.05, 3.63) is 58.6 Å². The summed E-state index contributed by atoms with van der Waals surface area (Å²) in [6.45, 7) is 0. The number of carbonyl (C=O) groups excluding carboxylic acids is 1. The lowest BCUT2D eigenvalue weighted by molar-refractivity contribution is -0.137. The molecule has 0 saturated heterocycles. The minimum absolute atomic E-state index is 0.0994. The molecule has 0 spiro atoms. The maximum Gasteiger partial charge on any atom is 0.416 e. The van der Waals surface area contributed by atoms with Crippen LogP contribution in [-0.4, -0.2) is 11.1 Å². The number of ketones is 1. The molecule has 0 atom stereocenters. The van der Waals surface area contributed by atoms with Gasteiger partial charge in [-0.25, -0.2) is 0 Å². The van der Waals surface area contributed by atoms with Crippen molar-refractivity contribution in [2.45, 2.75) is 6.18 Å². The average molecular weight is 402 g/mol. The molecule has 0 saturated carbocycles. The Morgan fingerprint density at radius 1 is 1.00 bits per heavy atom. The molecule has 3 rings (SSSR count). The first kappa shape index (κ1) is 16.3. The van der Waals surface area contributed by atoms with Gasteiger partial charge in [0.25, 0.3) is 0 Å². The molecule has 0 aliphatic heterocycles. The zero-order chi connectivity index (χ0) is 16.8. The largest absolute Gasteiger partial charge is 0.416 e. The van der Waals surface area contributed by atoms with Gasteiger partial charge in [0, 0.05) is 10.6 Å². The zero-order valence-corrected chi connectivity index (χ0v) is 13.9. The van der Waals surface area contributed by atoms with Gasteiger partial charge >= 0.3 is 6.18 Å². The van der Waals surface area contributed by atoms with Crippen molar-refractivity contribution in [3.8, 4) is 0 Å². The molecule has 0 aliphatic rings. The van der Waals surface area contributed by atoms with Crippen LogP contribution >= 0.6 is 27.5 Å². The Bertz CT molecular complexity index is 934. The third-order valence-electron chi connectivity index (χ3n) is 3.66. The van der Waals surface area contributed by atoms with E-state index in [-0.39, 0.29) is 11.1 Å². The molecule has 0 aliphatic carbocycles. The van der Waals surface area contributed by atoms with Crippen LogP contribution in [0.5, 0.6) is 0 Å². The van der Waals surface area contributed by atoms with E-state index >= 15 is 0 Å². The van der Waals surface area contributed by atoms with Crippen LogP contribution in [0, 0.1) is 0 Å². The van der Waals surface area contributed by atoms with Gasteiger partial charge in [-0.2, -0.15) is 13.2 Å². The minimum atomic E-state index is -4.45. The molecule has 0 radical (unpaired) electrons. The maximum absolute atomic E-state index is 13.0. The van der Waals surface area contributed by atoms with Gasteiger partial charge in [0.1, 0.15) is 0 Å². The summed E-state index contributed by atoms with van der Waals surface area (Å²) in [5.74, 6) is -0.188. The van der Waals surface area contributed by atoms with Gasteiger partial charge in [-0.05, 0) is 51.9 Å². The summed E-state index contributed by atoms with van der Waals surface area (Å²) < 4.78 is 39.1. The second kappa shape index (κ2) is 5.80. The lowest BCUT2D eigenvalue weighted by Crippen LogP contribution is -2.06. The fourth-order valence-electron chi connectivity index (χ4n) is 2.60. The normalized spacial score (nSPS) is 12.0. The van der Waals surface area contributed by atoms with E-state index in [1.54, 1.807) is 24.3 Å². The number of hydrogen-bond acceptors (Lipinski definition) is 1. The van der Waals surface area contributed by atoms with Crippen LogP contribution in [0.15, 0.2) is 42.5 Å². The molecule has 6 heteroatoms. The third kappa shape index (κ3) is 2.95. The Hall–Kier alpha value is -1.59. The van der Waals surface area contributed by atoms with E-state index in [0.29, 0.717) is 32.1 Å². The van der Waals surface area contributed by atoms with E-state index in [4.69, 9.17) is 11.6 Å². The lowest BCUT2D eigenvalue weighted by Gasteiger charge is -2.13. The molecule has 0 unspecified atom stereocenters. The summed E-state index contributed by atoms with van der Waals surface area (Å²) >= 11 is 9.09. The molecule has 0 amide bonds. The highest BCUT2D eigenvalue weighted by molar-refractivity contribution is 9.09. The highest BCUT2D eigenvalue weighted by atomic mass is 79.9. The second-order valence-corrected chi connectivity index (χ2v) is 6.10. The standard InChI is InChI=1S/C17H9BrClF3O/c18-8-16(23)15-5-9-1-3-11(19)7-13(9)14-6-10(17(20,21)22)2-4-12(14)15/h1-7H,8H2. The molecular weight excluding hydrogens is 393 g/mol. The van der Waals surface area contributed by atoms with Crippen molar-refractivity contribution in [2.24, 2.45) is 0 Å². The molecule has 3 aromatic rings. The van der Waals surface area contributed by atoms with Gasteiger partial charge in [0.05, 0.1) is 10.9 Å². The van der Waals surface area contributed by atoms with Gasteiger partial charge in [-0.3, -0.25) is 4.79 Å². The van der Waals surface area contributed by atoms with Gasteiger partial charge in [-0.15, -0.1) is 0 Å². The smallest absolute Gasteiger partial charge is 0.293 e. The first-order valence-corrected chi connectivity index (χ1v) is 8.13. The first-order chi connectivity index (χ1) is 10.8. The Morgan fingerprint density at radius 2 is 1.74 bits per heavy atom. The first-order valence-electron chi connectivity index (χ1n) is 6.63. The summed E-state index contributed by atoms with van der Waals surface area (Å²) in [5.41, 5.74) is -0.366. The van der Waals surface area contributed by atoms with Gasteiger partial charge < -0.3 is 0 Å². The van der Waals surface area contributed by atoms with E-state index in [1.807, 2.05) is 0 Å². The van der Waals surface area contributed by atoms with E-state index in [1.165, 1.54) is 6.07 Å². The van der Waals surface area contributed by atoms with Crippen LogP contribution < -0.4 is 0 Å². The van der Waals surface area contributed by atoms with Gasteiger partial charge in [-0.1, -0.05) is 39.7 Å². The summed E-state index contributed by atoms with van der Waals surface area (Å²) in [5, 5.41) is 2.63. The van der Waals surface area contributed by atoms with E-state index < -0.39 is 11.7 Å². The van der Waals surface area contributed by atoms with Crippen LogP contribution in [0.2, 0.25) is 5.02 Å². The fraction of sp³-hybridized carbons (Fsp3) is 0.118. The van der Waals surface area contributed by atoms with Gasteiger partial charge in [0.15, 0.2) is 5.78 Å². The molecule has 118 valence electrons. The SMILES string of the molecule is O=C(CBr)c1cc2ccc(Cl)cc2c2cc(C(F)(F)F)ccc12. The number of halogens is 5. The van der Waals surface area contributed by atoms with Crippen LogP contribution in [0.25, 0.3) is 21.5 Å². The number of benzene rings is 3. The number of Topliss-reactive ketones (excluding diaryl/α,β-unsaturated/α-hetero) is 1. The molecular formula is C17H9BrClF3O. The van der Waals surface area contributed by atoms with Crippen LogP contribution in [0.3, 0.4) is 0 Å². The van der Waals surface area contributed by atoms with Crippen molar-refractivity contribution in [1.82, 2.24) is 0 Å². The highest BCUT2D eigenvalue weighted by Gasteiger charge is 2.31. The van der Waals surface area contributed by atoms with E-state index in [0.717, 1.165) is 12.1 Å². The molecule has 0 bridgehead atoms. The average Bonchev–Trinajstić information content (AvgIpc) is 2.52. The third-order valence-corrected chi connectivity index (χ3v) is 4.41. The monoisotopic (exact) mass is 400 g/mol. The predicted octanol–water partition coefficient (Wildman–Crippen LogP) is 6.24. The number of carbonyl (C=O) groups is 1. The Labute approximate surface area is 143 Å². The molecule has 0 fully saturated rings. The van der Waals surface area contributed by atoms with Crippen LogP contribution in [0.1, 0.15) is 15.9 Å². The van der Waals surface area contributed by atoms with Gasteiger partial charge in [0.2, 0.25) is 0 Å². The lowest BCUT2D eigenvalue weighted by atomic mass is 9.94. The molecule has 3 aromatic carbocycles. The number of alkyl halides is 4. The molecule has 0 aromatic heterocycles. The summed E-state index contributed by atoms with van der Waals surface area (Å²) in [7, 11) is 0. The predicted molar refractivity (Wildman–Crippen MR) is 89.6 cm³/mol. The van der Waals surface area contributed by atoms with Crippen molar-refractivity contribution in [3.63, 3.8) is 0 Å². The molecule has 0 N–H and O–H groups in total. The maximum atomic E-state index is 13.0. The minimum Gasteiger partial charge on any atom is -0.293 e. The van der Waals surface area contributed by atoms with E-state index in [2.05, 4.69) is 15.9 Å². The highest BCUT2D eigenvalue weighted by Crippen LogP contribution is 2.36. The van der Waals surface area contributed by atoms with Crippen molar-refractivity contribution >= 4 is 54.9 Å². The fourth-order valence-corrected chi connectivity index (χ4v) is 3.08.